The lowest BCUT2D eigenvalue weighted by molar-refractivity contribution is -0.167. The lowest BCUT2D eigenvalue weighted by Crippen LogP contribution is -2.30. The fourth-order valence-corrected chi connectivity index (χ4v) is 9.76. The Kier molecular flexibility index (Phi) is 54.4. The summed E-state index contributed by atoms with van der Waals surface area (Å²) in [5.74, 6) is 0.881. The van der Waals surface area contributed by atoms with Crippen molar-refractivity contribution < 1.29 is 28.6 Å². The minimum Gasteiger partial charge on any atom is -0.462 e. The third-order valence-corrected chi connectivity index (χ3v) is 14.5. The number of carbonyl (C=O) groups is 3. The fraction of sp³-hybridized carbons (Fsp3) is 0.952. The SMILES string of the molecule is CCCCCCCCCCCC(=O)OC[C@H](COC(=O)CCCCCCCCCCCCCCCCCCCCC(C)C)OC(=O)CCCCCCCCCCCCCCCCCCCCC(C)C. The quantitative estimate of drug-likeness (QED) is 0.0343. The number of ether oxygens (including phenoxy) is 3. The molecule has 0 aromatic heterocycles. The molecule has 0 aromatic carbocycles. The van der Waals surface area contributed by atoms with Gasteiger partial charge < -0.3 is 14.2 Å². The normalized spacial score (nSPS) is 12.0. The number of carbonyl (C=O) groups excluding carboxylic acids is 3. The molecule has 0 N–H and O–H groups in total. The van der Waals surface area contributed by atoms with Crippen molar-refractivity contribution in [2.75, 3.05) is 13.2 Å². The van der Waals surface area contributed by atoms with Gasteiger partial charge in [0.15, 0.2) is 6.10 Å². The average molecular weight is 976 g/mol. The molecule has 0 bridgehead atoms. The van der Waals surface area contributed by atoms with Gasteiger partial charge in [0.1, 0.15) is 13.2 Å². The molecule has 0 heterocycles. The highest BCUT2D eigenvalue weighted by Gasteiger charge is 2.19. The third kappa shape index (κ3) is 57.2. The van der Waals surface area contributed by atoms with Crippen LogP contribution in [0.4, 0.5) is 0 Å². The van der Waals surface area contributed by atoms with E-state index >= 15 is 0 Å². The van der Waals surface area contributed by atoms with Gasteiger partial charge in [-0.25, -0.2) is 0 Å². The molecule has 0 aromatic rings. The van der Waals surface area contributed by atoms with Gasteiger partial charge in [0, 0.05) is 19.3 Å². The van der Waals surface area contributed by atoms with Crippen molar-refractivity contribution in [3.05, 3.63) is 0 Å². The highest BCUT2D eigenvalue weighted by molar-refractivity contribution is 5.71. The molecule has 6 heteroatoms. The minimum absolute atomic E-state index is 0.0622. The van der Waals surface area contributed by atoms with E-state index in [0.29, 0.717) is 19.3 Å². The maximum atomic E-state index is 12.9. The van der Waals surface area contributed by atoms with Gasteiger partial charge in [-0.2, -0.15) is 0 Å². The van der Waals surface area contributed by atoms with Crippen LogP contribution in [0.3, 0.4) is 0 Å². The molecule has 69 heavy (non-hydrogen) atoms. The molecule has 1 atom stereocenters. The van der Waals surface area contributed by atoms with Crippen LogP contribution < -0.4 is 0 Å². The summed E-state index contributed by atoms with van der Waals surface area (Å²) in [6, 6.07) is 0. The number of unbranched alkanes of at least 4 members (excludes halogenated alkanes) is 42. The molecule has 0 aliphatic heterocycles. The summed E-state index contributed by atoms with van der Waals surface area (Å²) >= 11 is 0. The van der Waals surface area contributed by atoms with Crippen LogP contribution in [0.25, 0.3) is 0 Å². The summed E-state index contributed by atoms with van der Waals surface area (Å²) in [6.45, 7) is 11.4. The third-order valence-electron chi connectivity index (χ3n) is 14.5. The second-order valence-corrected chi connectivity index (χ2v) is 22.6. The van der Waals surface area contributed by atoms with Gasteiger partial charge in [0.25, 0.3) is 0 Å². The van der Waals surface area contributed by atoms with Crippen molar-refractivity contribution in [3.8, 4) is 0 Å². The van der Waals surface area contributed by atoms with Crippen LogP contribution in [-0.4, -0.2) is 37.2 Å². The second-order valence-electron chi connectivity index (χ2n) is 22.6. The molecular weight excluding hydrogens is 853 g/mol. The van der Waals surface area contributed by atoms with Crippen LogP contribution in [0.15, 0.2) is 0 Å². The molecule has 0 unspecified atom stereocenters. The van der Waals surface area contributed by atoms with E-state index in [-0.39, 0.29) is 31.1 Å². The lowest BCUT2D eigenvalue weighted by Gasteiger charge is -2.18. The first-order valence-electron chi connectivity index (χ1n) is 31.2. The van der Waals surface area contributed by atoms with Gasteiger partial charge in [-0.1, -0.05) is 317 Å². The molecule has 0 fully saturated rings. The Labute approximate surface area is 431 Å². The zero-order chi connectivity index (χ0) is 50.4. The Bertz CT molecular complexity index is 1060. The summed E-state index contributed by atoms with van der Waals surface area (Å²) < 4.78 is 16.9. The summed E-state index contributed by atoms with van der Waals surface area (Å²) in [5.41, 5.74) is 0. The number of rotatable bonds is 57. The zero-order valence-corrected chi connectivity index (χ0v) is 47.5. The summed E-state index contributed by atoms with van der Waals surface area (Å²) in [6.07, 6.45) is 61.1. The van der Waals surface area contributed by atoms with Gasteiger partial charge in [-0.05, 0) is 31.1 Å². The number of hydrogen-bond donors (Lipinski definition) is 0. The van der Waals surface area contributed by atoms with Crippen molar-refractivity contribution in [2.45, 2.75) is 362 Å². The average Bonchev–Trinajstić information content (AvgIpc) is 3.32. The topological polar surface area (TPSA) is 78.9 Å². The predicted octanol–water partition coefficient (Wildman–Crippen LogP) is 20.8. The molecule has 6 nitrogen and oxygen atoms in total. The van der Waals surface area contributed by atoms with Crippen molar-refractivity contribution in [3.63, 3.8) is 0 Å². The van der Waals surface area contributed by atoms with E-state index in [4.69, 9.17) is 14.2 Å². The van der Waals surface area contributed by atoms with Crippen LogP contribution >= 0.6 is 0 Å². The van der Waals surface area contributed by atoms with Gasteiger partial charge in [0.2, 0.25) is 0 Å². The Hall–Kier alpha value is -1.59. The van der Waals surface area contributed by atoms with Crippen LogP contribution in [0, 0.1) is 11.8 Å². The highest BCUT2D eigenvalue weighted by Crippen LogP contribution is 2.19. The zero-order valence-electron chi connectivity index (χ0n) is 47.5. The van der Waals surface area contributed by atoms with Gasteiger partial charge in [0.05, 0.1) is 0 Å². The molecule has 0 rings (SSSR count). The maximum absolute atomic E-state index is 12.9. The molecule has 0 spiro atoms. The largest absolute Gasteiger partial charge is 0.462 e. The Morgan fingerprint density at radius 2 is 0.478 bits per heavy atom. The Balaban J connectivity index is 4.16. The van der Waals surface area contributed by atoms with Crippen molar-refractivity contribution in [2.24, 2.45) is 11.8 Å². The maximum Gasteiger partial charge on any atom is 0.306 e. The van der Waals surface area contributed by atoms with E-state index in [1.807, 2.05) is 0 Å². The first-order chi connectivity index (χ1) is 33.7. The smallest absolute Gasteiger partial charge is 0.306 e. The van der Waals surface area contributed by atoms with Gasteiger partial charge >= 0.3 is 17.9 Å². The minimum atomic E-state index is -0.762. The Morgan fingerprint density at radius 1 is 0.275 bits per heavy atom. The molecule has 0 radical (unpaired) electrons. The van der Waals surface area contributed by atoms with Crippen LogP contribution in [0.2, 0.25) is 0 Å². The van der Waals surface area contributed by atoms with Gasteiger partial charge in [-0.15, -0.1) is 0 Å². The van der Waals surface area contributed by atoms with Crippen molar-refractivity contribution in [1.29, 1.82) is 0 Å². The monoisotopic (exact) mass is 975 g/mol. The predicted molar refractivity (Wildman–Crippen MR) is 298 cm³/mol. The van der Waals surface area contributed by atoms with E-state index in [0.717, 1.165) is 69.6 Å². The number of esters is 3. The van der Waals surface area contributed by atoms with Crippen LogP contribution in [-0.2, 0) is 28.6 Å². The van der Waals surface area contributed by atoms with E-state index in [1.165, 1.54) is 244 Å². The Morgan fingerprint density at radius 3 is 0.710 bits per heavy atom. The first kappa shape index (κ1) is 67.4. The molecular formula is C63H122O6. The van der Waals surface area contributed by atoms with Gasteiger partial charge in [-0.3, -0.25) is 14.4 Å². The van der Waals surface area contributed by atoms with E-state index in [2.05, 4.69) is 34.6 Å². The van der Waals surface area contributed by atoms with Crippen molar-refractivity contribution in [1.82, 2.24) is 0 Å². The highest BCUT2D eigenvalue weighted by atomic mass is 16.6. The fourth-order valence-electron chi connectivity index (χ4n) is 9.76. The van der Waals surface area contributed by atoms with E-state index in [9.17, 15) is 14.4 Å². The van der Waals surface area contributed by atoms with E-state index in [1.54, 1.807) is 0 Å². The molecule has 0 saturated heterocycles. The first-order valence-corrected chi connectivity index (χ1v) is 31.2. The molecule has 410 valence electrons. The molecule has 0 aliphatic rings. The lowest BCUT2D eigenvalue weighted by atomic mass is 10.0. The van der Waals surface area contributed by atoms with Crippen LogP contribution in [0.5, 0.6) is 0 Å². The number of hydrogen-bond acceptors (Lipinski definition) is 6. The summed E-state index contributed by atoms with van der Waals surface area (Å²) in [5, 5.41) is 0. The standard InChI is InChI=1S/C63H122O6/c1-6-7-8-9-10-31-38-43-48-53-61(64)67-56-60(69-63(66)55-50-45-40-35-30-26-22-18-14-12-16-20-24-28-33-37-42-47-52-59(4)5)57-68-62(65)54-49-44-39-34-29-25-21-17-13-11-15-19-23-27-32-36-41-46-51-58(2)3/h58-60H,6-57H2,1-5H3/t60-/m1/s1. The molecule has 0 saturated carbocycles. The second kappa shape index (κ2) is 55.7. The van der Waals surface area contributed by atoms with Crippen molar-refractivity contribution >= 4 is 17.9 Å². The van der Waals surface area contributed by atoms with E-state index < -0.39 is 6.10 Å². The summed E-state index contributed by atoms with van der Waals surface area (Å²) in [7, 11) is 0. The molecule has 0 aliphatic carbocycles. The van der Waals surface area contributed by atoms with Crippen LogP contribution in [0.1, 0.15) is 356 Å². The molecule has 0 amide bonds. The summed E-state index contributed by atoms with van der Waals surface area (Å²) in [4.78, 5) is 38.1.